The van der Waals surface area contributed by atoms with E-state index in [9.17, 15) is 4.39 Å². The van der Waals surface area contributed by atoms with E-state index >= 15 is 0 Å². The molecule has 0 spiro atoms. The molecule has 2 atom stereocenters. The lowest BCUT2D eigenvalue weighted by Crippen LogP contribution is -2.23. The van der Waals surface area contributed by atoms with Crippen molar-refractivity contribution in [3.05, 3.63) is 69.4 Å². The Kier molecular flexibility index (Phi) is 4.95. The van der Waals surface area contributed by atoms with Gasteiger partial charge in [-0.15, -0.1) is 0 Å². The Balaban J connectivity index is 2.17. The third kappa shape index (κ3) is 3.47. The van der Waals surface area contributed by atoms with Crippen molar-refractivity contribution in [2.75, 3.05) is 0 Å². The first-order chi connectivity index (χ1) is 9.49. The van der Waals surface area contributed by atoms with Crippen molar-refractivity contribution in [2.45, 2.75) is 32.9 Å². The summed E-state index contributed by atoms with van der Waals surface area (Å²) in [6, 6.07) is 13.4. The van der Waals surface area contributed by atoms with Gasteiger partial charge in [0, 0.05) is 22.1 Å². The molecule has 0 aliphatic rings. The largest absolute Gasteiger partial charge is 0.304 e. The lowest BCUT2D eigenvalue weighted by atomic mass is 10.0. The summed E-state index contributed by atoms with van der Waals surface area (Å²) in [6.07, 6.45) is 0. The number of benzene rings is 2. The van der Waals surface area contributed by atoms with Crippen molar-refractivity contribution in [1.29, 1.82) is 0 Å². The third-order valence-electron chi connectivity index (χ3n) is 3.58. The molecule has 2 aromatic carbocycles. The number of nitrogens with one attached hydrogen (secondary N) is 1. The van der Waals surface area contributed by atoms with Gasteiger partial charge in [0.25, 0.3) is 0 Å². The molecule has 2 rings (SSSR count). The molecular weight excluding hydrogens is 317 g/mol. The summed E-state index contributed by atoms with van der Waals surface area (Å²) in [6.45, 7) is 6.19. The fourth-order valence-electron chi connectivity index (χ4n) is 2.47. The van der Waals surface area contributed by atoms with Crippen molar-refractivity contribution in [1.82, 2.24) is 5.32 Å². The summed E-state index contributed by atoms with van der Waals surface area (Å²) in [5, 5.41) is 3.46. The minimum Gasteiger partial charge on any atom is -0.304 e. The predicted octanol–water partition coefficient (Wildman–Crippen LogP) is 5.31. The molecule has 106 valence electrons. The third-order valence-corrected chi connectivity index (χ3v) is 4.07. The molecule has 0 aromatic heterocycles. The van der Waals surface area contributed by atoms with Crippen LogP contribution in [0, 0.1) is 12.7 Å². The maximum atomic E-state index is 13.9. The van der Waals surface area contributed by atoms with Gasteiger partial charge in [0.05, 0.1) is 0 Å². The topological polar surface area (TPSA) is 12.0 Å². The molecule has 0 saturated carbocycles. The first-order valence-electron chi connectivity index (χ1n) is 6.75. The Morgan fingerprint density at radius 1 is 1.00 bits per heavy atom. The van der Waals surface area contributed by atoms with E-state index in [4.69, 9.17) is 0 Å². The van der Waals surface area contributed by atoms with Gasteiger partial charge in [-0.1, -0.05) is 40.2 Å². The molecule has 0 radical (unpaired) electrons. The SMILES string of the molecule is Cc1ccccc1[C@H](C)NC(C)c1cc(Br)ccc1F. The van der Waals surface area contributed by atoms with Gasteiger partial charge in [-0.25, -0.2) is 4.39 Å². The molecule has 0 aliphatic heterocycles. The quantitative estimate of drug-likeness (QED) is 0.798. The van der Waals surface area contributed by atoms with Crippen molar-refractivity contribution >= 4 is 15.9 Å². The molecular formula is C17H19BrFN. The van der Waals surface area contributed by atoms with E-state index in [1.54, 1.807) is 6.07 Å². The second-order valence-corrected chi connectivity index (χ2v) is 6.05. The minimum absolute atomic E-state index is 0.0536. The first kappa shape index (κ1) is 15.2. The van der Waals surface area contributed by atoms with Crippen LogP contribution < -0.4 is 5.32 Å². The minimum atomic E-state index is -0.176. The van der Waals surface area contributed by atoms with Crippen molar-refractivity contribution in [3.8, 4) is 0 Å². The van der Waals surface area contributed by atoms with Crippen LogP contribution in [0.15, 0.2) is 46.9 Å². The molecule has 0 saturated heterocycles. The molecule has 1 N–H and O–H groups in total. The maximum absolute atomic E-state index is 13.9. The number of halogens is 2. The van der Waals surface area contributed by atoms with E-state index in [1.807, 2.05) is 25.1 Å². The van der Waals surface area contributed by atoms with Crippen LogP contribution in [0.2, 0.25) is 0 Å². The molecule has 0 bridgehead atoms. The molecule has 1 nitrogen and oxygen atoms in total. The van der Waals surface area contributed by atoms with Crippen LogP contribution in [-0.2, 0) is 0 Å². The maximum Gasteiger partial charge on any atom is 0.128 e. The molecule has 0 fully saturated rings. The summed E-state index contributed by atoms with van der Waals surface area (Å²) in [5.41, 5.74) is 3.17. The summed E-state index contributed by atoms with van der Waals surface area (Å²) in [7, 11) is 0. The normalized spacial score (nSPS) is 14.1. The Morgan fingerprint density at radius 2 is 1.65 bits per heavy atom. The van der Waals surface area contributed by atoms with E-state index in [2.05, 4.69) is 47.2 Å². The van der Waals surface area contributed by atoms with Gasteiger partial charge >= 0.3 is 0 Å². The van der Waals surface area contributed by atoms with Gasteiger partial charge in [0.15, 0.2) is 0 Å². The van der Waals surface area contributed by atoms with Crippen LogP contribution in [0.5, 0.6) is 0 Å². The zero-order valence-electron chi connectivity index (χ0n) is 12.0. The fourth-order valence-corrected chi connectivity index (χ4v) is 2.85. The van der Waals surface area contributed by atoms with Gasteiger partial charge in [0.2, 0.25) is 0 Å². The average Bonchev–Trinajstić information content (AvgIpc) is 2.41. The monoisotopic (exact) mass is 335 g/mol. The molecule has 3 heteroatoms. The Hall–Kier alpha value is -1.19. The van der Waals surface area contributed by atoms with Crippen LogP contribution in [0.1, 0.15) is 42.6 Å². The van der Waals surface area contributed by atoms with E-state index < -0.39 is 0 Å². The van der Waals surface area contributed by atoms with E-state index in [0.29, 0.717) is 5.56 Å². The first-order valence-corrected chi connectivity index (χ1v) is 7.55. The molecule has 0 amide bonds. The molecule has 0 heterocycles. The van der Waals surface area contributed by atoms with Gasteiger partial charge < -0.3 is 5.32 Å². The number of hydrogen-bond acceptors (Lipinski definition) is 1. The van der Waals surface area contributed by atoms with Crippen molar-refractivity contribution in [2.24, 2.45) is 0 Å². The Morgan fingerprint density at radius 3 is 2.35 bits per heavy atom. The summed E-state index contributed by atoms with van der Waals surface area (Å²) >= 11 is 3.39. The predicted molar refractivity (Wildman–Crippen MR) is 85.2 cm³/mol. The van der Waals surface area contributed by atoms with Crippen LogP contribution in [0.4, 0.5) is 4.39 Å². The van der Waals surface area contributed by atoms with Crippen LogP contribution in [0.3, 0.4) is 0 Å². The number of rotatable bonds is 4. The van der Waals surface area contributed by atoms with Crippen molar-refractivity contribution < 1.29 is 4.39 Å². The lowest BCUT2D eigenvalue weighted by Gasteiger charge is -2.22. The highest BCUT2D eigenvalue weighted by molar-refractivity contribution is 9.10. The second-order valence-electron chi connectivity index (χ2n) is 5.13. The zero-order valence-corrected chi connectivity index (χ0v) is 13.5. The highest BCUT2D eigenvalue weighted by atomic mass is 79.9. The summed E-state index contributed by atoms with van der Waals surface area (Å²) < 4.78 is 14.8. The van der Waals surface area contributed by atoms with E-state index in [-0.39, 0.29) is 17.9 Å². The number of aryl methyl sites for hydroxylation is 1. The van der Waals surface area contributed by atoms with Gasteiger partial charge in [-0.3, -0.25) is 0 Å². The van der Waals surface area contributed by atoms with E-state index in [0.717, 1.165) is 4.47 Å². The smallest absolute Gasteiger partial charge is 0.128 e. The summed E-state index contributed by atoms with van der Waals surface area (Å²) in [4.78, 5) is 0. The Labute approximate surface area is 128 Å². The van der Waals surface area contributed by atoms with Gasteiger partial charge in [-0.2, -0.15) is 0 Å². The second kappa shape index (κ2) is 6.51. The molecule has 2 aromatic rings. The standard InChI is InChI=1S/C17H19BrFN/c1-11-6-4-5-7-15(11)12(2)20-13(3)16-10-14(18)8-9-17(16)19/h4-10,12-13,20H,1-3H3/t12-,13?/m0/s1. The van der Waals surface area contributed by atoms with E-state index in [1.165, 1.54) is 17.2 Å². The molecule has 20 heavy (non-hydrogen) atoms. The van der Waals surface area contributed by atoms with Crippen LogP contribution in [-0.4, -0.2) is 0 Å². The van der Waals surface area contributed by atoms with Gasteiger partial charge in [-0.05, 0) is 50.1 Å². The van der Waals surface area contributed by atoms with Crippen molar-refractivity contribution in [3.63, 3.8) is 0 Å². The fraction of sp³-hybridized carbons (Fsp3) is 0.294. The van der Waals surface area contributed by atoms with Crippen LogP contribution >= 0.6 is 15.9 Å². The van der Waals surface area contributed by atoms with Crippen LogP contribution in [0.25, 0.3) is 0 Å². The Bertz CT molecular complexity index is 597. The zero-order chi connectivity index (χ0) is 14.7. The van der Waals surface area contributed by atoms with Gasteiger partial charge in [0.1, 0.15) is 5.82 Å². The highest BCUT2D eigenvalue weighted by Gasteiger charge is 2.15. The number of hydrogen-bond donors (Lipinski definition) is 1. The molecule has 1 unspecified atom stereocenters. The average molecular weight is 336 g/mol. The summed E-state index contributed by atoms with van der Waals surface area (Å²) in [5.74, 6) is -0.176. The lowest BCUT2D eigenvalue weighted by molar-refractivity contribution is 0.472. The highest BCUT2D eigenvalue weighted by Crippen LogP contribution is 2.25. The molecule has 0 aliphatic carbocycles.